The SMILES string of the molecule is CCOc1cc(CNc2ccc(F)c(Cl)c2)ccc1O. The maximum Gasteiger partial charge on any atom is 0.161 e. The molecule has 2 aromatic rings. The molecule has 0 aromatic heterocycles. The highest BCUT2D eigenvalue weighted by molar-refractivity contribution is 6.31. The predicted molar refractivity (Wildman–Crippen MR) is 78.0 cm³/mol. The van der Waals surface area contributed by atoms with Crippen molar-refractivity contribution in [1.82, 2.24) is 0 Å². The largest absolute Gasteiger partial charge is 0.504 e. The van der Waals surface area contributed by atoms with Crippen molar-refractivity contribution in [3.8, 4) is 11.5 Å². The van der Waals surface area contributed by atoms with Gasteiger partial charge < -0.3 is 15.2 Å². The van der Waals surface area contributed by atoms with Crippen LogP contribution in [0.3, 0.4) is 0 Å². The van der Waals surface area contributed by atoms with Gasteiger partial charge in [0.2, 0.25) is 0 Å². The summed E-state index contributed by atoms with van der Waals surface area (Å²) in [7, 11) is 0. The Morgan fingerprint density at radius 2 is 2.05 bits per heavy atom. The average Bonchev–Trinajstić information content (AvgIpc) is 2.43. The fraction of sp³-hybridized carbons (Fsp3) is 0.200. The van der Waals surface area contributed by atoms with Crippen LogP contribution in [0.5, 0.6) is 11.5 Å². The number of halogens is 2. The van der Waals surface area contributed by atoms with Gasteiger partial charge in [0.25, 0.3) is 0 Å². The molecule has 2 aromatic carbocycles. The Morgan fingerprint density at radius 1 is 1.25 bits per heavy atom. The van der Waals surface area contributed by atoms with E-state index in [1.54, 1.807) is 24.3 Å². The molecule has 5 heteroatoms. The zero-order valence-corrected chi connectivity index (χ0v) is 11.7. The number of hydrogen-bond acceptors (Lipinski definition) is 3. The minimum atomic E-state index is -0.444. The first-order valence-electron chi connectivity index (χ1n) is 6.23. The number of phenolic OH excluding ortho intramolecular Hbond substituents is 1. The highest BCUT2D eigenvalue weighted by Crippen LogP contribution is 2.27. The van der Waals surface area contributed by atoms with Crippen molar-refractivity contribution in [2.45, 2.75) is 13.5 Å². The molecule has 2 rings (SSSR count). The topological polar surface area (TPSA) is 41.5 Å². The zero-order valence-electron chi connectivity index (χ0n) is 11.0. The molecule has 0 bridgehead atoms. The van der Waals surface area contributed by atoms with Gasteiger partial charge in [-0.05, 0) is 42.8 Å². The molecule has 0 saturated carbocycles. The summed E-state index contributed by atoms with van der Waals surface area (Å²) in [5, 5.41) is 12.8. The summed E-state index contributed by atoms with van der Waals surface area (Å²) in [6.07, 6.45) is 0. The van der Waals surface area contributed by atoms with Crippen LogP contribution in [0, 0.1) is 5.82 Å². The van der Waals surface area contributed by atoms with Crippen molar-refractivity contribution in [2.75, 3.05) is 11.9 Å². The highest BCUT2D eigenvalue weighted by atomic mass is 35.5. The summed E-state index contributed by atoms with van der Waals surface area (Å²) in [6, 6.07) is 9.59. The normalized spacial score (nSPS) is 10.3. The van der Waals surface area contributed by atoms with Gasteiger partial charge in [-0.2, -0.15) is 0 Å². The molecular formula is C15H15ClFNO2. The third-order valence-electron chi connectivity index (χ3n) is 2.74. The van der Waals surface area contributed by atoms with Crippen LogP contribution < -0.4 is 10.1 Å². The molecule has 3 nitrogen and oxygen atoms in total. The lowest BCUT2D eigenvalue weighted by Crippen LogP contribution is -2.00. The van der Waals surface area contributed by atoms with Crippen LogP contribution in [0.1, 0.15) is 12.5 Å². The minimum absolute atomic E-state index is 0.0794. The molecule has 0 spiro atoms. The average molecular weight is 296 g/mol. The molecule has 0 radical (unpaired) electrons. The van der Waals surface area contributed by atoms with Crippen LogP contribution in [-0.2, 0) is 6.54 Å². The van der Waals surface area contributed by atoms with E-state index in [-0.39, 0.29) is 10.8 Å². The van der Waals surface area contributed by atoms with Gasteiger partial charge in [-0.15, -0.1) is 0 Å². The van der Waals surface area contributed by atoms with Crippen molar-refractivity contribution >= 4 is 17.3 Å². The van der Waals surface area contributed by atoms with Crippen LogP contribution in [0.25, 0.3) is 0 Å². The molecule has 106 valence electrons. The van der Waals surface area contributed by atoms with Crippen LogP contribution in [0.15, 0.2) is 36.4 Å². The Labute approximate surface area is 122 Å². The van der Waals surface area contributed by atoms with E-state index in [4.69, 9.17) is 16.3 Å². The second-order valence-electron chi connectivity index (χ2n) is 4.22. The van der Waals surface area contributed by atoms with Crippen LogP contribution in [0.4, 0.5) is 10.1 Å². The molecule has 0 unspecified atom stereocenters. The molecule has 0 fully saturated rings. The predicted octanol–water partition coefficient (Wildman–Crippen LogP) is 4.20. The maximum absolute atomic E-state index is 13.0. The standard InChI is InChI=1S/C15H15ClFNO2/c1-2-20-15-7-10(3-6-14(15)19)9-18-11-4-5-13(17)12(16)8-11/h3-8,18-19H,2,9H2,1H3. The summed E-state index contributed by atoms with van der Waals surface area (Å²) in [4.78, 5) is 0. The lowest BCUT2D eigenvalue weighted by atomic mass is 10.2. The first-order chi connectivity index (χ1) is 9.60. The maximum atomic E-state index is 13.0. The van der Waals surface area contributed by atoms with Gasteiger partial charge in [-0.25, -0.2) is 4.39 Å². The Bertz CT molecular complexity index is 604. The lowest BCUT2D eigenvalue weighted by Gasteiger charge is -2.10. The van der Waals surface area contributed by atoms with E-state index >= 15 is 0 Å². The third-order valence-corrected chi connectivity index (χ3v) is 3.03. The smallest absolute Gasteiger partial charge is 0.161 e. The molecule has 20 heavy (non-hydrogen) atoms. The molecule has 0 saturated heterocycles. The summed E-state index contributed by atoms with van der Waals surface area (Å²) in [6.45, 7) is 2.85. The molecule has 0 heterocycles. The molecule has 0 atom stereocenters. The van der Waals surface area contributed by atoms with Crippen LogP contribution >= 0.6 is 11.6 Å². The number of anilines is 1. The monoisotopic (exact) mass is 295 g/mol. The van der Waals surface area contributed by atoms with Gasteiger partial charge in [-0.3, -0.25) is 0 Å². The summed E-state index contributed by atoms with van der Waals surface area (Å²) in [5.41, 5.74) is 1.66. The van der Waals surface area contributed by atoms with E-state index in [9.17, 15) is 9.50 Å². The van der Waals surface area contributed by atoms with Crippen LogP contribution in [-0.4, -0.2) is 11.7 Å². The molecule has 0 amide bonds. The van der Waals surface area contributed by atoms with Crippen molar-refractivity contribution < 1.29 is 14.2 Å². The minimum Gasteiger partial charge on any atom is -0.504 e. The van der Waals surface area contributed by atoms with Crippen molar-refractivity contribution in [1.29, 1.82) is 0 Å². The number of rotatable bonds is 5. The van der Waals surface area contributed by atoms with Crippen molar-refractivity contribution in [3.63, 3.8) is 0 Å². The Morgan fingerprint density at radius 3 is 2.75 bits per heavy atom. The first-order valence-corrected chi connectivity index (χ1v) is 6.61. The summed E-state index contributed by atoms with van der Waals surface area (Å²) >= 11 is 5.71. The number of hydrogen-bond donors (Lipinski definition) is 2. The third kappa shape index (κ3) is 3.54. The molecular weight excluding hydrogens is 281 g/mol. The van der Waals surface area contributed by atoms with Gasteiger partial charge in [0.1, 0.15) is 5.82 Å². The Kier molecular flexibility index (Phi) is 4.69. The molecule has 2 N–H and O–H groups in total. The van der Waals surface area contributed by atoms with E-state index in [1.807, 2.05) is 6.92 Å². The quantitative estimate of drug-likeness (QED) is 0.869. The zero-order chi connectivity index (χ0) is 14.5. The Balaban J connectivity index is 2.06. The van der Waals surface area contributed by atoms with E-state index in [0.29, 0.717) is 18.9 Å². The van der Waals surface area contributed by atoms with Crippen LogP contribution in [0.2, 0.25) is 5.02 Å². The van der Waals surface area contributed by atoms with Crippen molar-refractivity contribution in [2.24, 2.45) is 0 Å². The van der Waals surface area contributed by atoms with Gasteiger partial charge >= 0.3 is 0 Å². The van der Waals surface area contributed by atoms with Gasteiger partial charge in [-0.1, -0.05) is 17.7 Å². The van der Waals surface area contributed by atoms with E-state index in [1.165, 1.54) is 12.1 Å². The Hall–Kier alpha value is -1.94. The lowest BCUT2D eigenvalue weighted by molar-refractivity contribution is 0.318. The first kappa shape index (κ1) is 14.5. The second kappa shape index (κ2) is 6.48. The summed E-state index contributed by atoms with van der Waals surface area (Å²) < 4.78 is 18.4. The number of ether oxygens (including phenoxy) is 1. The number of phenols is 1. The fourth-order valence-corrected chi connectivity index (χ4v) is 1.93. The molecule has 0 aliphatic heterocycles. The number of benzene rings is 2. The van der Waals surface area contributed by atoms with Crippen molar-refractivity contribution in [3.05, 3.63) is 52.8 Å². The highest BCUT2D eigenvalue weighted by Gasteiger charge is 2.04. The van der Waals surface area contributed by atoms with Gasteiger partial charge in [0.05, 0.1) is 11.6 Å². The van der Waals surface area contributed by atoms with Gasteiger partial charge in [0, 0.05) is 12.2 Å². The number of nitrogens with one attached hydrogen (secondary N) is 1. The molecule has 0 aliphatic carbocycles. The molecule has 0 aliphatic rings. The summed E-state index contributed by atoms with van der Waals surface area (Å²) in [5.74, 6) is 0.116. The van der Waals surface area contributed by atoms with E-state index in [0.717, 1.165) is 11.3 Å². The van der Waals surface area contributed by atoms with E-state index in [2.05, 4.69) is 5.32 Å². The van der Waals surface area contributed by atoms with Gasteiger partial charge in [0.15, 0.2) is 11.5 Å². The van der Waals surface area contributed by atoms with E-state index < -0.39 is 5.82 Å². The fourth-order valence-electron chi connectivity index (χ4n) is 1.75. The second-order valence-corrected chi connectivity index (χ2v) is 4.62. The number of aromatic hydroxyl groups is 1.